The summed E-state index contributed by atoms with van der Waals surface area (Å²) >= 11 is 1.97. The number of ether oxygens (including phenoxy) is 2. The number of urea groups is 1. The van der Waals surface area contributed by atoms with Crippen molar-refractivity contribution in [3.63, 3.8) is 0 Å². The van der Waals surface area contributed by atoms with Crippen LogP contribution in [0.3, 0.4) is 0 Å². The Balaban J connectivity index is 1.38. The van der Waals surface area contributed by atoms with E-state index in [9.17, 15) is 18.8 Å². The Hall–Kier alpha value is -3.51. The Bertz CT molecular complexity index is 1410. The minimum atomic E-state index is -1.23. The topological polar surface area (TPSA) is 97.0 Å². The predicted molar refractivity (Wildman–Crippen MR) is 155 cm³/mol. The molecule has 0 saturated carbocycles. The molecule has 3 aromatic carbocycles. The van der Waals surface area contributed by atoms with E-state index < -0.39 is 41.7 Å². The number of benzene rings is 3. The average molecular weight is 657 g/mol. The summed E-state index contributed by atoms with van der Waals surface area (Å²) in [5, 5.41) is 5.30. The van der Waals surface area contributed by atoms with E-state index in [0.29, 0.717) is 34.7 Å². The van der Waals surface area contributed by atoms with Crippen LogP contribution in [-0.2, 0) is 14.3 Å². The number of carbonyl (C=O) groups excluding carboxylic acids is 3. The van der Waals surface area contributed by atoms with Crippen LogP contribution in [0.15, 0.2) is 72.8 Å². The lowest BCUT2D eigenvalue weighted by Crippen LogP contribution is -2.50. The zero-order valence-corrected chi connectivity index (χ0v) is 24.2. The van der Waals surface area contributed by atoms with Crippen LogP contribution in [0.5, 0.6) is 5.75 Å². The summed E-state index contributed by atoms with van der Waals surface area (Å²) in [7, 11) is 0. The molecule has 0 bridgehead atoms. The first kappa shape index (κ1) is 28.0. The number of amides is 4. The lowest BCUT2D eigenvalue weighted by Gasteiger charge is -2.37. The molecule has 2 heterocycles. The molecule has 0 unspecified atom stereocenters. The zero-order chi connectivity index (χ0) is 28.4. The van der Waals surface area contributed by atoms with Crippen molar-refractivity contribution in [1.29, 1.82) is 0 Å². The van der Waals surface area contributed by atoms with Crippen LogP contribution in [0.2, 0.25) is 0 Å². The van der Waals surface area contributed by atoms with E-state index in [2.05, 4.69) is 17.6 Å². The van der Waals surface area contributed by atoms with E-state index in [0.717, 1.165) is 10.5 Å². The second kappa shape index (κ2) is 11.5. The van der Waals surface area contributed by atoms with E-state index in [1.54, 1.807) is 37.3 Å². The molecular formula is C30H29FIN3O5. The molecule has 2 aliphatic rings. The molecule has 2 fully saturated rings. The standard InChI is InChI=1S/C30H29FIN3O5/c1-18(19-6-4-3-5-7-19)26(27(36)33-24-13-10-21(32)14-23(24)31)35-28(37)25(34-29(35)38)20-8-11-22(12-9-20)40-17-30(2)15-39-16-30/h3-14,18,25-26H,15-17H2,1-2H3,(H,33,36)(H,34,38)/t18-,25+,26-/m0/s1. The maximum Gasteiger partial charge on any atom is 0.325 e. The summed E-state index contributed by atoms with van der Waals surface area (Å²) in [4.78, 5) is 41.5. The molecule has 2 N–H and O–H groups in total. The van der Waals surface area contributed by atoms with Gasteiger partial charge in [-0.1, -0.05) is 56.3 Å². The SMILES string of the molecule is C[C@@H](c1ccccc1)[C@@H](C(=O)Nc1ccc(I)cc1F)N1C(=O)N[C@H](c2ccc(OCC3(C)COC3)cc2)C1=O. The normalized spacial score (nSPS) is 19.4. The monoisotopic (exact) mass is 657 g/mol. The number of carbonyl (C=O) groups is 3. The fraction of sp³-hybridized carbons (Fsp3) is 0.300. The Kier molecular flexibility index (Phi) is 8.09. The number of rotatable bonds is 9. The molecule has 0 spiro atoms. The molecule has 208 valence electrons. The van der Waals surface area contributed by atoms with Gasteiger partial charge in [-0.2, -0.15) is 0 Å². The average Bonchev–Trinajstić information content (AvgIpc) is 3.22. The van der Waals surface area contributed by atoms with Gasteiger partial charge in [0.05, 0.1) is 25.5 Å². The van der Waals surface area contributed by atoms with Crippen molar-refractivity contribution in [2.24, 2.45) is 5.41 Å². The maximum atomic E-state index is 14.6. The van der Waals surface area contributed by atoms with Crippen molar-refractivity contribution in [3.8, 4) is 5.75 Å². The number of imide groups is 1. The van der Waals surface area contributed by atoms with Crippen molar-refractivity contribution in [1.82, 2.24) is 10.2 Å². The van der Waals surface area contributed by atoms with Gasteiger partial charge in [-0.25, -0.2) is 14.1 Å². The molecule has 8 nitrogen and oxygen atoms in total. The van der Waals surface area contributed by atoms with Crippen LogP contribution in [0.4, 0.5) is 14.9 Å². The third-order valence-corrected chi connectivity index (χ3v) is 7.88. The smallest absolute Gasteiger partial charge is 0.325 e. The van der Waals surface area contributed by atoms with Gasteiger partial charge in [0.15, 0.2) is 0 Å². The molecule has 3 atom stereocenters. The first-order chi connectivity index (χ1) is 19.1. The van der Waals surface area contributed by atoms with Gasteiger partial charge >= 0.3 is 6.03 Å². The highest BCUT2D eigenvalue weighted by Gasteiger charge is 2.47. The molecule has 2 saturated heterocycles. The van der Waals surface area contributed by atoms with Gasteiger partial charge in [-0.15, -0.1) is 0 Å². The van der Waals surface area contributed by atoms with Crippen LogP contribution in [0, 0.1) is 14.8 Å². The minimum Gasteiger partial charge on any atom is -0.493 e. The van der Waals surface area contributed by atoms with Gasteiger partial charge in [-0.3, -0.25) is 9.59 Å². The number of hydrogen-bond donors (Lipinski definition) is 2. The summed E-state index contributed by atoms with van der Waals surface area (Å²) in [5.41, 5.74) is 1.27. The van der Waals surface area contributed by atoms with Gasteiger partial charge in [0.25, 0.3) is 5.91 Å². The van der Waals surface area contributed by atoms with E-state index in [1.807, 2.05) is 52.9 Å². The maximum absolute atomic E-state index is 14.6. The fourth-order valence-electron chi connectivity index (χ4n) is 4.84. The second-order valence-corrected chi connectivity index (χ2v) is 11.8. The third kappa shape index (κ3) is 5.83. The summed E-state index contributed by atoms with van der Waals surface area (Å²) < 4.78 is 26.4. The van der Waals surface area contributed by atoms with Gasteiger partial charge in [-0.05, 0) is 64.0 Å². The largest absolute Gasteiger partial charge is 0.493 e. The van der Waals surface area contributed by atoms with Crippen molar-refractivity contribution in [3.05, 3.63) is 93.3 Å². The third-order valence-electron chi connectivity index (χ3n) is 7.21. The Labute approximate surface area is 245 Å². The minimum absolute atomic E-state index is 0.0132. The number of hydrogen-bond acceptors (Lipinski definition) is 5. The Morgan fingerprint density at radius 1 is 1.15 bits per heavy atom. The quantitative estimate of drug-likeness (QED) is 0.242. The lowest BCUT2D eigenvalue weighted by molar-refractivity contribution is -0.134. The summed E-state index contributed by atoms with van der Waals surface area (Å²) in [6.07, 6.45) is 0. The summed E-state index contributed by atoms with van der Waals surface area (Å²) in [6, 6.07) is 17.5. The van der Waals surface area contributed by atoms with Gasteiger partial charge in [0, 0.05) is 14.9 Å². The van der Waals surface area contributed by atoms with Gasteiger partial charge in [0.1, 0.15) is 23.7 Å². The fourth-order valence-corrected chi connectivity index (χ4v) is 5.29. The van der Waals surface area contributed by atoms with Crippen molar-refractivity contribution in [2.45, 2.75) is 31.8 Å². The van der Waals surface area contributed by atoms with E-state index in [-0.39, 0.29) is 11.1 Å². The first-order valence-corrected chi connectivity index (χ1v) is 14.0. The zero-order valence-electron chi connectivity index (χ0n) is 22.0. The molecule has 0 aliphatic carbocycles. The van der Waals surface area contributed by atoms with Crippen LogP contribution in [0.1, 0.15) is 36.9 Å². The first-order valence-electron chi connectivity index (χ1n) is 12.9. The number of anilines is 1. The molecule has 0 aromatic heterocycles. The highest BCUT2D eigenvalue weighted by molar-refractivity contribution is 14.1. The molecule has 0 radical (unpaired) electrons. The Morgan fingerprint density at radius 2 is 1.85 bits per heavy atom. The second-order valence-electron chi connectivity index (χ2n) is 10.5. The summed E-state index contributed by atoms with van der Waals surface area (Å²) in [6.45, 7) is 5.65. The summed E-state index contributed by atoms with van der Waals surface area (Å²) in [5.74, 6) is -1.78. The van der Waals surface area contributed by atoms with Crippen LogP contribution >= 0.6 is 22.6 Å². The molecule has 4 amide bonds. The number of halogens is 2. The van der Waals surface area contributed by atoms with E-state index >= 15 is 0 Å². The number of nitrogens with zero attached hydrogens (tertiary/aromatic N) is 1. The van der Waals surface area contributed by atoms with Crippen LogP contribution < -0.4 is 15.4 Å². The molecule has 3 aromatic rings. The predicted octanol–water partition coefficient (Wildman–Crippen LogP) is 5.25. The Morgan fingerprint density at radius 3 is 2.48 bits per heavy atom. The lowest BCUT2D eigenvalue weighted by atomic mass is 9.90. The highest BCUT2D eigenvalue weighted by atomic mass is 127. The van der Waals surface area contributed by atoms with E-state index in [1.165, 1.54) is 12.1 Å². The van der Waals surface area contributed by atoms with Crippen molar-refractivity contribution < 1.29 is 28.2 Å². The molecule has 40 heavy (non-hydrogen) atoms. The molecule has 2 aliphatic heterocycles. The molecule has 10 heteroatoms. The van der Waals surface area contributed by atoms with Crippen LogP contribution in [0.25, 0.3) is 0 Å². The van der Waals surface area contributed by atoms with Crippen molar-refractivity contribution >= 4 is 46.1 Å². The van der Waals surface area contributed by atoms with Crippen LogP contribution in [-0.4, -0.2) is 48.6 Å². The van der Waals surface area contributed by atoms with E-state index in [4.69, 9.17) is 9.47 Å². The van der Waals surface area contributed by atoms with Crippen molar-refractivity contribution in [2.75, 3.05) is 25.1 Å². The molecule has 5 rings (SSSR count). The highest BCUT2D eigenvalue weighted by Crippen LogP contribution is 2.33. The van der Waals surface area contributed by atoms with Gasteiger partial charge in [0.2, 0.25) is 5.91 Å². The molecular weight excluding hydrogens is 628 g/mol. The van der Waals surface area contributed by atoms with Gasteiger partial charge < -0.3 is 20.1 Å². The number of nitrogens with one attached hydrogen (secondary N) is 2.